The Morgan fingerprint density at radius 1 is 1.16 bits per heavy atom. The molecule has 0 saturated heterocycles. The van der Waals surface area contributed by atoms with E-state index in [1.807, 2.05) is 6.07 Å². The lowest BCUT2D eigenvalue weighted by Crippen LogP contribution is -2.14. The Morgan fingerprint density at radius 3 is 2.45 bits per heavy atom. The topological polar surface area (TPSA) is 115 Å². The normalized spacial score (nSPS) is 10.6. The average Bonchev–Trinajstić information content (AvgIpc) is 2.77. The molecule has 0 aliphatic rings. The first-order chi connectivity index (χ1) is 14.9. The molecule has 0 fully saturated rings. The van der Waals surface area contributed by atoms with Crippen molar-refractivity contribution in [1.29, 1.82) is 5.26 Å². The van der Waals surface area contributed by atoms with Crippen LogP contribution in [0.4, 0.5) is 5.69 Å². The number of methoxy groups -OCH3 is 1. The van der Waals surface area contributed by atoms with E-state index in [0.29, 0.717) is 27.0 Å². The number of rotatable bonds is 8. The summed E-state index contributed by atoms with van der Waals surface area (Å²) < 4.78 is 15.3. The van der Waals surface area contributed by atoms with Crippen LogP contribution >= 0.6 is 15.9 Å². The maximum absolute atomic E-state index is 12.5. The molecule has 2 aromatic rings. The predicted octanol–water partition coefficient (Wildman–Crippen LogP) is 3.72. The molecule has 0 atom stereocenters. The van der Waals surface area contributed by atoms with Crippen LogP contribution in [0.25, 0.3) is 6.08 Å². The third-order valence-corrected chi connectivity index (χ3v) is 4.48. The van der Waals surface area contributed by atoms with Gasteiger partial charge >= 0.3 is 11.9 Å². The minimum absolute atomic E-state index is 0.121. The molecular formula is C22H19BrN2O6. The first kappa shape index (κ1) is 23.6. The van der Waals surface area contributed by atoms with Crippen LogP contribution in [-0.2, 0) is 19.1 Å². The van der Waals surface area contributed by atoms with Crippen LogP contribution < -0.4 is 10.1 Å². The molecule has 0 saturated carbocycles. The van der Waals surface area contributed by atoms with E-state index in [9.17, 15) is 19.6 Å². The Balaban J connectivity index is 2.10. The van der Waals surface area contributed by atoms with E-state index in [1.54, 1.807) is 37.3 Å². The molecule has 0 spiro atoms. The van der Waals surface area contributed by atoms with Crippen LogP contribution in [0, 0.1) is 11.3 Å². The smallest absolute Gasteiger partial charge is 0.343 e. The molecule has 160 valence electrons. The highest BCUT2D eigenvalue weighted by Gasteiger charge is 2.12. The molecule has 8 nitrogen and oxygen atoms in total. The molecule has 0 aliphatic heterocycles. The van der Waals surface area contributed by atoms with Gasteiger partial charge in [-0.1, -0.05) is 6.07 Å². The van der Waals surface area contributed by atoms with Crippen LogP contribution in [0.1, 0.15) is 22.8 Å². The van der Waals surface area contributed by atoms with E-state index in [-0.39, 0.29) is 18.8 Å². The molecule has 2 rings (SSSR count). The van der Waals surface area contributed by atoms with Gasteiger partial charge in [0.1, 0.15) is 17.4 Å². The molecule has 0 unspecified atom stereocenters. The van der Waals surface area contributed by atoms with E-state index in [4.69, 9.17) is 9.47 Å². The monoisotopic (exact) mass is 486 g/mol. The Bertz CT molecular complexity index is 1040. The SMILES string of the molecule is CCOC(=O)c1ccc(NC(=O)/C(C#N)=C/c2ccc(OCC(=O)OC)c(Br)c2)cc1. The second-order valence-electron chi connectivity index (χ2n) is 5.98. The number of carbonyl (C=O) groups excluding carboxylic acids is 3. The third kappa shape index (κ3) is 6.97. The molecule has 0 aliphatic carbocycles. The highest BCUT2D eigenvalue weighted by atomic mass is 79.9. The zero-order valence-corrected chi connectivity index (χ0v) is 18.4. The molecular weight excluding hydrogens is 468 g/mol. The molecule has 0 radical (unpaired) electrons. The predicted molar refractivity (Wildman–Crippen MR) is 116 cm³/mol. The number of nitriles is 1. The van der Waals surface area contributed by atoms with Crippen LogP contribution in [0.15, 0.2) is 52.5 Å². The maximum atomic E-state index is 12.5. The summed E-state index contributed by atoms with van der Waals surface area (Å²) in [5.41, 5.74) is 1.23. The minimum Gasteiger partial charge on any atom is -0.481 e. The summed E-state index contributed by atoms with van der Waals surface area (Å²) in [6.07, 6.45) is 1.41. The quantitative estimate of drug-likeness (QED) is 0.343. The van der Waals surface area contributed by atoms with Crippen LogP contribution in [0.2, 0.25) is 0 Å². The van der Waals surface area contributed by atoms with Gasteiger partial charge in [-0.15, -0.1) is 0 Å². The highest BCUT2D eigenvalue weighted by Crippen LogP contribution is 2.27. The van der Waals surface area contributed by atoms with E-state index < -0.39 is 17.8 Å². The second kappa shape index (κ2) is 11.5. The number of esters is 2. The van der Waals surface area contributed by atoms with Crippen LogP contribution in [0.5, 0.6) is 5.75 Å². The number of hydrogen-bond acceptors (Lipinski definition) is 7. The molecule has 0 aromatic heterocycles. The molecule has 0 heterocycles. The van der Waals surface area contributed by atoms with Crippen LogP contribution in [-0.4, -0.2) is 38.2 Å². The molecule has 1 amide bonds. The van der Waals surface area contributed by atoms with E-state index in [2.05, 4.69) is 26.0 Å². The molecule has 1 N–H and O–H groups in total. The molecule has 31 heavy (non-hydrogen) atoms. The lowest BCUT2D eigenvalue weighted by atomic mass is 10.1. The summed E-state index contributed by atoms with van der Waals surface area (Å²) in [6, 6.07) is 12.9. The van der Waals surface area contributed by atoms with Crippen molar-refractivity contribution < 1.29 is 28.6 Å². The minimum atomic E-state index is -0.603. The average molecular weight is 487 g/mol. The standard InChI is InChI=1S/C22H19BrN2O6/c1-3-30-22(28)15-5-7-17(8-6-15)25-21(27)16(12-24)10-14-4-9-19(18(23)11-14)31-13-20(26)29-2/h4-11H,3,13H2,1-2H3,(H,25,27)/b16-10+. The van der Waals surface area contributed by atoms with Gasteiger partial charge in [0.25, 0.3) is 5.91 Å². The van der Waals surface area contributed by atoms with Gasteiger partial charge in [-0.2, -0.15) is 5.26 Å². The number of ether oxygens (including phenoxy) is 3. The Labute approximate surface area is 187 Å². The fourth-order valence-corrected chi connectivity index (χ4v) is 2.85. The Kier molecular flexibility index (Phi) is 8.78. The van der Waals surface area contributed by atoms with Gasteiger partial charge in [-0.05, 0) is 70.9 Å². The number of nitrogens with one attached hydrogen (secondary N) is 1. The van der Waals surface area contributed by atoms with Gasteiger partial charge in [0.05, 0.1) is 23.8 Å². The first-order valence-corrected chi connectivity index (χ1v) is 9.86. The van der Waals surface area contributed by atoms with Crippen LogP contribution in [0.3, 0.4) is 0 Å². The number of benzene rings is 2. The van der Waals surface area contributed by atoms with Crippen molar-refractivity contribution in [2.75, 3.05) is 25.6 Å². The summed E-state index contributed by atoms with van der Waals surface area (Å²) >= 11 is 3.32. The van der Waals surface area contributed by atoms with E-state index in [0.717, 1.165) is 0 Å². The van der Waals surface area contributed by atoms with E-state index in [1.165, 1.54) is 25.3 Å². The largest absolute Gasteiger partial charge is 0.481 e. The van der Waals surface area contributed by atoms with Crippen molar-refractivity contribution in [3.63, 3.8) is 0 Å². The Hall–Kier alpha value is -3.64. The number of carbonyl (C=O) groups is 3. The summed E-state index contributed by atoms with van der Waals surface area (Å²) in [5, 5.41) is 12.0. The third-order valence-electron chi connectivity index (χ3n) is 3.86. The maximum Gasteiger partial charge on any atom is 0.343 e. The molecule has 9 heteroatoms. The van der Waals surface area contributed by atoms with Gasteiger partial charge in [-0.3, -0.25) is 4.79 Å². The zero-order valence-electron chi connectivity index (χ0n) is 16.8. The molecule has 0 bridgehead atoms. The van der Waals surface area contributed by atoms with Crippen molar-refractivity contribution in [2.24, 2.45) is 0 Å². The lowest BCUT2D eigenvalue weighted by molar-refractivity contribution is -0.142. The number of anilines is 1. The summed E-state index contributed by atoms with van der Waals surface area (Å²) in [7, 11) is 1.26. The lowest BCUT2D eigenvalue weighted by Gasteiger charge is -2.08. The Morgan fingerprint density at radius 2 is 1.87 bits per heavy atom. The molecule has 2 aromatic carbocycles. The van der Waals surface area contributed by atoms with E-state index >= 15 is 0 Å². The van der Waals surface area contributed by atoms with Crippen molar-refractivity contribution in [2.45, 2.75) is 6.92 Å². The van der Waals surface area contributed by atoms with Gasteiger partial charge in [-0.25, -0.2) is 9.59 Å². The van der Waals surface area contributed by atoms with Crippen molar-refractivity contribution in [3.05, 3.63) is 63.6 Å². The van der Waals surface area contributed by atoms with Gasteiger partial charge in [0, 0.05) is 5.69 Å². The second-order valence-corrected chi connectivity index (χ2v) is 6.83. The summed E-state index contributed by atoms with van der Waals surface area (Å²) in [4.78, 5) is 35.3. The number of hydrogen-bond donors (Lipinski definition) is 1. The van der Waals surface area contributed by atoms with Gasteiger partial charge in [0.2, 0.25) is 0 Å². The van der Waals surface area contributed by atoms with Gasteiger partial charge < -0.3 is 19.5 Å². The number of halogens is 1. The highest BCUT2D eigenvalue weighted by molar-refractivity contribution is 9.10. The summed E-state index contributed by atoms with van der Waals surface area (Å²) in [6.45, 7) is 1.73. The summed E-state index contributed by atoms with van der Waals surface area (Å²) in [5.74, 6) is -1.17. The van der Waals surface area contributed by atoms with Crippen molar-refractivity contribution in [3.8, 4) is 11.8 Å². The van der Waals surface area contributed by atoms with Crippen molar-refractivity contribution >= 4 is 45.5 Å². The zero-order chi connectivity index (χ0) is 22.8. The fraction of sp³-hybridized carbons (Fsp3) is 0.182. The first-order valence-electron chi connectivity index (χ1n) is 9.07. The number of amides is 1. The number of nitrogens with zero attached hydrogens (tertiary/aromatic N) is 1. The van der Waals surface area contributed by atoms with Crippen molar-refractivity contribution in [1.82, 2.24) is 0 Å². The van der Waals surface area contributed by atoms with Gasteiger partial charge in [0.15, 0.2) is 6.61 Å². The fourth-order valence-electron chi connectivity index (χ4n) is 2.34.